The van der Waals surface area contributed by atoms with Crippen LogP contribution in [0.5, 0.6) is 0 Å². The first-order valence-electron chi connectivity index (χ1n) is 7.09. The van der Waals surface area contributed by atoms with E-state index < -0.39 is 0 Å². The Bertz CT molecular complexity index is 484. The second-order valence-electron chi connectivity index (χ2n) is 5.57. The van der Waals surface area contributed by atoms with Crippen molar-refractivity contribution >= 4 is 5.82 Å². The molecule has 5 nitrogen and oxygen atoms in total. The van der Waals surface area contributed by atoms with Gasteiger partial charge in [-0.05, 0) is 32.6 Å². The molecule has 0 aliphatic carbocycles. The molecule has 5 heteroatoms. The number of nitrogens with zero attached hydrogens (tertiary/aromatic N) is 5. The molecule has 108 valence electrons. The Morgan fingerprint density at radius 3 is 2.60 bits per heavy atom. The predicted molar refractivity (Wildman–Crippen MR) is 80.9 cm³/mol. The Kier molecular flexibility index (Phi) is 4.94. The fraction of sp³-hybridized carbons (Fsp3) is 0.600. The van der Waals surface area contributed by atoms with Gasteiger partial charge < -0.3 is 9.80 Å². The maximum atomic E-state index is 9.29. The van der Waals surface area contributed by atoms with Gasteiger partial charge in [-0.15, -0.1) is 0 Å². The zero-order valence-corrected chi connectivity index (χ0v) is 12.6. The molecule has 0 radical (unpaired) electrons. The lowest BCUT2D eigenvalue weighted by molar-refractivity contribution is 0.229. The second-order valence-corrected chi connectivity index (χ2v) is 5.57. The Morgan fingerprint density at radius 1 is 1.30 bits per heavy atom. The van der Waals surface area contributed by atoms with E-state index in [2.05, 4.69) is 39.8 Å². The van der Waals surface area contributed by atoms with Gasteiger partial charge in [0.05, 0.1) is 5.56 Å². The summed E-state index contributed by atoms with van der Waals surface area (Å²) < 4.78 is 0. The molecule has 1 saturated heterocycles. The third-order valence-electron chi connectivity index (χ3n) is 3.79. The normalized spacial score (nSPS) is 16.4. The molecule has 1 aromatic rings. The minimum absolute atomic E-state index is 0.717. The first-order valence-corrected chi connectivity index (χ1v) is 7.09. The Morgan fingerprint density at radius 2 is 2.00 bits per heavy atom. The highest BCUT2D eigenvalue weighted by molar-refractivity contribution is 5.57. The second kappa shape index (κ2) is 6.69. The van der Waals surface area contributed by atoms with Crippen LogP contribution in [0.4, 0.5) is 5.82 Å². The Hall–Kier alpha value is -1.64. The van der Waals surface area contributed by atoms with E-state index in [1.54, 1.807) is 6.20 Å². The molecule has 2 rings (SSSR count). The van der Waals surface area contributed by atoms with Crippen molar-refractivity contribution in [2.45, 2.75) is 6.92 Å². The highest BCUT2D eigenvalue weighted by atomic mass is 15.3. The highest BCUT2D eigenvalue weighted by Gasteiger charge is 2.20. The van der Waals surface area contributed by atoms with Crippen LogP contribution in [0.2, 0.25) is 0 Å². The molecule has 0 bridgehead atoms. The molecule has 0 unspecified atom stereocenters. The van der Waals surface area contributed by atoms with Gasteiger partial charge in [-0.3, -0.25) is 4.90 Å². The molecule has 0 amide bonds. The van der Waals surface area contributed by atoms with Gasteiger partial charge in [-0.1, -0.05) is 0 Å². The molecule has 0 aromatic carbocycles. The summed E-state index contributed by atoms with van der Waals surface area (Å²) in [6, 6.07) is 4.19. The van der Waals surface area contributed by atoms with Crippen LogP contribution in [0.3, 0.4) is 0 Å². The maximum absolute atomic E-state index is 9.29. The third-order valence-corrected chi connectivity index (χ3v) is 3.79. The zero-order valence-electron chi connectivity index (χ0n) is 12.6. The predicted octanol–water partition coefficient (Wildman–Crippen LogP) is 0.945. The van der Waals surface area contributed by atoms with Crippen LogP contribution in [0.15, 0.2) is 12.3 Å². The van der Waals surface area contributed by atoms with Crippen LogP contribution in [-0.4, -0.2) is 68.1 Å². The van der Waals surface area contributed by atoms with Crippen molar-refractivity contribution in [2.24, 2.45) is 0 Å². The number of hydrogen-bond donors (Lipinski definition) is 0. The number of rotatable bonds is 4. The third kappa shape index (κ3) is 3.47. The van der Waals surface area contributed by atoms with Gasteiger partial charge >= 0.3 is 0 Å². The lowest BCUT2D eigenvalue weighted by Gasteiger charge is -2.36. The van der Waals surface area contributed by atoms with Gasteiger partial charge in [-0.2, -0.15) is 5.26 Å². The highest BCUT2D eigenvalue weighted by Crippen LogP contribution is 2.21. The minimum atomic E-state index is 0.717. The average molecular weight is 273 g/mol. The van der Waals surface area contributed by atoms with E-state index in [4.69, 9.17) is 0 Å². The van der Waals surface area contributed by atoms with E-state index in [1.165, 1.54) is 0 Å². The number of pyridine rings is 1. The van der Waals surface area contributed by atoms with Gasteiger partial charge in [0.2, 0.25) is 0 Å². The molecular formula is C15H23N5. The van der Waals surface area contributed by atoms with Gasteiger partial charge in [0, 0.05) is 45.5 Å². The molecule has 0 N–H and O–H groups in total. The smallest absolute Gasteiger partial charge is 0.146 e. The van der Waals surface area contributed by atoms with Crippen molar-refractivity contribution in [1.29, 1.82) is 5.26 Å². The van der Waals surface area contributed by atoms with Crippen LogP contribution in [0.25, 0.3) is 0 Å². The van der Waals surface area contributed by atoms with Gasteiger partial charge in [0.25, 0.3) is 0 Å². The first-order chi connectivity index (χ1) is 9.61. The minimum Gasteiger partial charge on any atom is -0.353 e. The summed E-state index contributed by atoms with van der Waals surface area (Å²) in [5.41, 5.74) is 1.72. The summed E-state index contributed by atoms with van der Waals surface area (Å²) in [6.45, 7) is 8.12. The largest absolute Gasteiger partial charge is 0.353 e. The molecule has 0 saturated carbocycles. The van der Waals surface area contributed by atoms with E-state index in [1.807, 2.05) is 13.0 Å². The molecule has 1 fully saturated rings. The average Bonchev–Trinajstić information content (AvgIpc) is 2.45. The van der Waals surface area contributed by atoms with Crippen molar-refractivity contribution in [3.8, 4) is 6.07 Å². The molecule has 0 atom stereocenters. The SMILES string of the molecule is Cc1ccnc(N2CCN(CCN(C)C)CC2)c1C#N. The van der Waals surface area contributed by atoms with Crippen LogP contribution < -0.4 is 4.90 Å². The Balaban J connectivity index is 1.98. The van der Waals surface area contributed by atoms with Crippen molar-refractivity contribution < 1.29 is 0 Å². The molecule has 20 heavy (non-hydrogen) atoms. The van der Waals surface area contributed by atoms with Gasteiger partial charge in [-0.25, -0.2) is 4.98 Å². The quantitative estimate of drug-likeness (QED) is 0.817. The van der Waals surface area contributed by atoms with Crippen LogP contribution >= 0.6 is 0 Å². The number of likely N-dealkylation sites (N-methyl/N-ethyl adjacent to an activating group) is 1. The van der Waals surface area contributed by atoms with E-state index >= 15 is 0 Å². The molecule has 0 spiro atoms. The van der Waals surface area contributed by atoms with E-state index in [0.717, 1.165) is 50.6 Å². The van der Waals surface area contributed by atoms with Crippen molar-refractivity contribution in [3.63, 3.8) is 0 Å². The lowest BCUT2D eigenvalue weighted by atomic mass is 10.1. The summed E-state index contributed by atoms with van der Waals surface area (Å²) in [4.78, 5) is 11.3. The summed E-state index contributed by atoms with van der Waals surface area (Å²) in [6.07, 6.45) is 1.80. The van der Waals surface area contributed by atoms with Gasteiger partial charge in [0.15, 0.2) is 0 Å². The van der Waals surface area contributed by atoms with Crippen molar-refractivity contribution in [3.05, 3.63) is 23.4 Å². The van der Waals surface area contributed by atoms with E-state index in [0.29, 0.717) is 5.56 Å². The van der Waals surface area contributed by atoms with Crippen molar-refractivity contribution in [1.82, 2.24) is 14.8 Å². The van der Waals surface area contributed by atoms with Crippen LogP contribution in [-0.2, 0) is 0 Å². The first kappa shape index (κ1) is 14.8. The summed E-state index contributed by atoms with van der Waals surface area (Å²) >= 11 is 0. The summed E-state index contributed by atoms with van der Waals surface area (Å²) in [5, 5.41) is 9.29. The Labute approximate surface area is 121 Å². The number of aromatic nitrogens is 1. The standard InChI is InChI=1S/C15H23N5/c1-13-4-5-17-15(14(13)12-16)20-10-8-19(9-11-20)7-6-18(2)3/h4-5H,6-11H2,1-3H3. The molecule has 1 aliphatic rings. The lowest BCUT2D eigenvalue weighted by Crippen LogP contribution is -2.48. The fourth-order valence-electron chi connectivity index (χ4n) is 2.45. The summed E-state index contributed by atoms with van der Waals surface area (Å²) in [5.74, 6) is 0.847. The number of hydrogen-bond acceptors (Lipinski definition) is 5. The number of nitriles is 1. The topological polar surface area (TPSA) is 46.4 Å². The fourth-order valence-corrected chi connectivity index (χ4v) is 2.45. The van der Waals surface area contributed by atoms with E-state index in [9.17, 15) is 5.26 Å². The summed E-state index contributed by atoms with van der Waals surface area (Å²) in [7, 11) is 4.21. The zero-order chi connectivity index (χ0) is 14.5. The molecular weight excluding hydrogens is 250 g/mol. The monoisotopic (exact) mass is 273 g/mol. The molecule has 1 aromatic heterocycles. The number of aryl methyl sites for hydroxylation is 1. The van der Waals surface area contributed by atoms with Gasteiger partial charge in [0.1, 0.15) is 11.9 Å². The van der Waals surface area contributed by atoms with Crippen LogP contribution in [0.1, 0.15) is 11.1 Å². The molecule has 2 heterocycles. The molecule has 1 aliphatic heterocycles. The maximum Gasteiger partial charge on any atom is 0.146 e. The van der Waals surface area contributed by atoms with Crippen molar-refractivity contribution in [2.75, 3.05) is 58.3 Å². The van der Waals surface area contributed by atoms with Crippen LogP contribution in [0, 0.1) is 18.3 Å². The number of piperazine rings is 1. The number of anilines is 1. The van der Waals surface area contributed by atoms with E-state index in [-0.39, 0.29) is 0 Å².